The molecule has 0 bridgehead atoms. The van der Waals surface area contributed by atoms with Crippen LogP contribution >= 0.6 is 0 Å². The number of nitrogens with two attached hydrogens (primary N) is 1. The van der Waals surface area contributed by atoms with Crippen molar-refractivity contribution in [3.63, 3.8) is 0 Å². The minimum Gasteiger partial charge on any atom is -0.399 e. The molecule has 0 radical (unpaired) electrons. The highest BCUT2D eigenvalue weighted by Crippen LogP contribution is 2.26. The minimum absolute atomic E-state index is 0.0175. The first-order chi connectivity index (χ1) is 8.71. The molecule has 1 rings (SSSR count). The van der Waals surface area contributed by atoms with Crippen LogP contribution in [0.2, 0.25) is 0 Å². The maximum Gasteiger partial charge on any atom is 0.243 e. The zero-order valence-corrected chi connectivity index (χ0v) is 13.2. The summed E-state index contributed by atoms with van der Waals surface area (Å²) in [5.41, 5.74) is 7.93. The molecule has 0 saturated carbocycles. The number of benzene rings is 1. The van der Waals surface area contributed by atoms with Crippen molar-refractivity contribution in [1.29, 1.82) is 0 Å². The van der Waals surface area contributed by atoms with Crippen molar-refractivity contribution in [3.05, 3.63) is 23.3 Å². The molecule has 1 unspecified atom stereocenters. The van der Waals surface area contributed by atoms with Crippen LogP contribution in [0.3, 0.4) is 0 Å². The summed E-state index contributed by atoms with van der Waals surface area (Å²) in [4.78, 5) is 0.315. The molecule has 5 heteroatoms. The standard InChI is InChI=1S/C14H24N2O2S/c1-6-7-11(3)16(5)19(17,18)14-9-13(15)8-10(2)12(14)4/h8-9,11H,6-7,15H2,1-5H3. The van der Waals surface area contributed by atoms with Crippen LogP contribution in [0.15, 0.2) is 17.0 Å². The molecule has 0 fully saturated rings. The number of sulfonamides is 1. The van der Waals surface area contributed by atoms with Gasteiger partial charge in [-0.3, -0.25) is 0 Å². The van der Waals surface area contributed by atoms with Crippen LogP contribution in [0.5, 0.6) is 0 Å². The molecule has 19 heavy (non-hydrogen) atoms. The monoisotopic (exact) mass is 284 g/mol. The maximum atomic E-state index is 12.6. The number of nitrogen functional groups attached to an aromatic ring is 1. The van der Waals surface area contributed by atoms with Gasteiger partial charge in [0, 0.05) is 18.8 Å². The first-order valence-corrected chi connectivity index (χ1v) is 8.00. The molecule has 0 aliphatic rings. The largest absolute Gasteiger partial charge is 0.399 e. The van der Waals surface area contributed by atoms with Crippen molar-refractivity contribution in [2.24, 2.45) is 0 Å². The van der Waals surface area contributed by atoms with E-state index in [9.17, 15) is 8.42 Å². The molecule has 1 aromatic rings. The van der Waals surface area contributed by atoms with Gasteiger partial charge in [-0.05, 0) is 50.5 Å². The van der Waals surface area contributed by atoms with Gasteiger partial charge in [-0.25, -0.2) is 8.42 Å². The predicted molar refractivity (Wildman–Crippen MR) is 79.6 cm³/mol. The molecule has 0 aliphatic carbocycles. The zero-order valence-electron chi connectivity index (χ0n) is 12.4. The van der Waals surface area contributed by atoms with Crippen LogP contribution in [0.4, 0.5) is 5.69 Å². The summed E-state index contributed by atoms with van der Waals surface area (Å²) >= 11 is 0. The highest BCUT2D eigenvalue weighted by atomic mass is 32.2. The van der Waals surface area contributed by atoms with Crippen molar-refractivity contribution in [2.75, 3.05) is 12.8 Å². The zero-order chi connectivity index (χ0) is 14.8. The predicted octanol–water partition coefficient (Wildman–Crippen LogP) is 2.69. The summed E-state index contributed by atoms with van der Waals surface area (Å²) in [5, 5.41) is 0. The van der Waals surface area contributed by atoms with Crippen molar-refractivity contribution in [1.82, 2.24) is 4.31 Å². The fourth-order valence-corrected chi connectivity index (χ4v) is 3.84. The number of aryl methyl sites for hydroxylation is 1. The van der Waals surface area contributed by atoms with Crippen LogP contribution in [-0.4, -0.2) is 25.8 Å². The Labute approximate surface area is 116 Å². The van der Waals surface area contributed by atoms with E-state index in [1.54, 1.807) is 19.2 Å². The van der Waals surface area contributed by atoms with Crippen molar-refractivity contribution in [2.45, 2.75) is 51.5 Å². The summed E-state index contributed by atoms with van der Waals surface area (Å²) in [6, 6.07) is 3.33. The van der Waals surface area contributed by atoms with E-state index in [1.807, 2.05) is 27.7 Å². The van der Waals surface area contributed by atoms with E-state index >= 15 is 0 Å². The normalized spacial score (nSPS) is 13.8. The average Bonchev–Trinajstić information content (AvgIpc) is 2.32. The number of nitrogens with zero attached hydrogens (tertiary/aromatic N) is 1. The van der Waals surface area contributed by atoms with Gasteiger partial charge < -0.3 is 5.73 Å². The van der Waals surface area contributed by atoms with Gasteiger partial charge in [0.2, 0.25) is 10.0 Å². The second kappa shape index (κ2) is 5.92. The average molecular weight is 284 g/mol. The first-order valence-electron chi connectivity index (χ1n) is 6.56. The molecule has 1 aromatic carbocycles. The van der Waals surface area contributed by atoms with Crippen LogP contribution in [0.1, 0.15) is 37.8 Å². The van der Waals surface area contributed by atoms with E-state index in [-0.39, 0.29) is 6.04 Å². The first kappa shape index (κ1) is 16.0. The quantitative estimate of drug-likeness (QED) is 0.846. The smallest absolute Gasteiger partial charge is 0.243 e. The lowest BCUT2D eigenvalue weighted by atomic mass is 10.1. The molecular weight excluding hydrogens is 260 g/mol. The summed E-state index contributed by atoms with van der Waals surface area (Å²) in [6.07, 6.45) is 1.80. The lowest BCUT2D eigenvalue weighted by molar-refractivity contribution is 0.368. The van der Waals surface area contributed by atoms with Gasteiger partial charge in [0.25, 0.3) is 0 Å². The van der Waals surface area contributed by atoms with E-state index in [0.717, 1.165) is 24.0 Å². The van der Waals surface area contributed by atoms with E-state index < -0.39 is 10.0 Å². The van der Waals surface area contributed by atoms with Gasteiger partial charge in [0.1, 0.15) is 0 Å². The molecule has 0 amide bonds. The molecule has 0 heterocycles. The minimum atomic E-state index is -3.48. The topological polar surface area (TPSA) is 63.4 Å². The number of anilines is 1. The number of rotatable bonds is 5. The number of hydrogen-bond donors (Lipinski definition) is 1. The molecule has 1 atom stereocenters. The Kier molecular flexibility index (Phi) is 4.98. The Hall–Kier alpha value is -1.07. The fraction of sp³-hybridized carbons (Fsp3) is 0.571. The van der Waals surface area contributed by atoms with E-state index in [1.165, 1.54) is 4.31 Å². The lowest BCUT2D eigenvalue weighted by Crippen LogP contribution is -2.35. The Morgan fingerprint density at radius 1 is 1.32 bits per heavy atom. The third-order valence-electron chi connectivity index (χ3n) is 3.63. The summed E-state index contributed by atoms with van der Waals surface area (Å²) in [5.74, 6) is 0. The molecule has 2 N–H and O–H groups in total. The second-order valence-corrected chi connectivity index (χ2v) is 7.09. The molecule has 0 aliphatic heterocycles. The van der Waals surface area contributed by atoms with Gasteiger partial charge in [-0.15, -0.1) is 0 Å². The molecule has 0 saturated heterocycles. The molecule has 0 aromatic heterocycles. The van der Waals surface area contributed by atoms with Gasteiger partial charge in [-0.1, -0.05) is 13.3 Å². The Balaban J connectivity index is 3.28. The Bertz CT molecular complexity index is 553. The van der Waals surface area contributed by atoms with Crippen LogP contribution in [-0.2, 0) is 10.0 Å². The molecular formula is C14H24N2O2S. The van der Waals surface area contributed by atoms with Crippen molar-refractivity contribution >= 4 is 15.7 Å². The molecule has 4 nitrogen and oxygen atoms in total. The van der Waals surface area contributed by atoms with Crippen LogP contribution in [0, 0.1) is 13.8 Å². The van der Waals surface area contributed by atoms with Crippen LogP contribution in [0.25, 0.3) is 0 Å². The van der Waals surface area contributed by atoms with Gasteiger partial charge in [0.15, 0.2) is 0 Å². The molecule has 0 spiro atoms. The number of hydrogen-bond acceptors (Lipinski definition) is 3. The van der Waals surface area contributed by atoms with Crippen LogP contribution < -0.4 is 5.73 Å². The Morgan fingerprint density at radius 3 is 2.42 bits per heavy atom. The Morgan fingerprint density at radius 2 is 1.89 bits per heavy atom. The highest BCUT2D eigenvalue weighted by molar-refractivity contribution is 7.89. The van der Waals surface area contributed by atoms with Crippen molar-refractivity contribution < 1.29 is 8.42 Å². The molecule has 108 valence electrons. The van der Waals surface area contributed by atoms with Crippen molar-refractivity contribution in [3.8, 4) is 0 Å². The SMILES string of the molecule is CCCC(C)N(C)S(=O)(=O)c1cc(N)cc(C)c1C. The lowest BCUT2D eigenvalue weighted by Gasteiger charge is -2.25. The third kappa shape index (κ3) is 3.28. The van der Waals surface area contributed by atoms with E-state index in [0.29, 0.717) is 10.6 Å². The van der Waals surface area contributed by atoms with Gasteiger partial charge in [-0.2, -0.15) is 4.31 Å². The van der Waals surface area contributed by atoms with E-state index in [4.69, 9.17) is 5.73 Å². The summed E-state index contributed by atoms with van der Waals surface area (Å²) in [7, 11) is -1.85. The highest BCUT2D eigenvalue weighted by Gasteiger charge is 2.27. The van der Waals surface area contributed by atoms with Gasteiger partial charge >= 0.3 is 0 Å². The summed E-state index contributed by atoms with van der Waals surface area (Å²) < 4.78 is 26.7. The third-order valence-corrected chi connectivity index (χ3v) is 5.72. The summed E-state index contributed by atoms with van der Waals surface area (Å²) in [6.45, 7) is 7.67. The fourth-order valence-electron chi connectivity index (χ4n) is 2.11. The maximum absolute atomic E-state index is 12.6. The van der Waals surface area contributed by atoms with Gasteiger partial charge in [0.05, 0.1) is 4.90 Å². The van der Waals surface area contributed by atoms with E-state index in [2.05, 4.69) is 0 Å². The second-order valence-electron chi connectivity index (χ2n) is 5.12.